The lowest BCUT2D eigenvalue weighted by atomic mass is 10.1. The van der Waals surface area contributed by atoms with E-state index in [0.717, 1.165) is 25.7 Å². The topological polar surface area (TPSA) is 62.9 Å². The summed E-state index contributed by atoms with van der Waals surface area (Å²) < 4.78 is 10.8. The van der Waals surface area contributed by atoms with E-state index < -0.39 is 5.63 Å². The highest BCUT2D eigenvalue weighted by Crippen LogP contribution is 2.26. The van der Waals surface area contributed by atoms with Gasteiger partial charge in [0, 0.05) is 12.6 Å². The van der Waals surface area contributed by atoms with Crippen LogP contribution in [0.25, 0.3) is 11.0 Å². The Kier molecular flexibility index (Phi) is 4.10. The highest BCUT2D eigenvalue weighted by Gasteiger charge is 2.10. The van der Waals surface area contributed by atoms with Crippen molar-refractivity contribution in [2.24, 2.45) is 0 Å². The van der Waals surface area contributed by atoms with Gasteiger partial charge in [-0.3, -0.25) is 4.90 Å². The number of benzene rings is 1. The molecule has 1 aliphatic heterocycles. The molecule has 1 aromatic heterocycles. The molecule has 112 valence electrons. The molecule has 0 unspecified atom stereocenters. The molecule has 0 saturated carbocycles. The lowest BCUT2D eigenvalue weighted by molar-refractivity contribution is 0.183. The molecule has 0 aliphatic carbocycles. The molecule has 1 aliphatic rings. The zero-order valence-electron chi connectivity index (χ0n) is 11.9. The van der Waals surface area contributed by atoms with Crippen molar-refractivity contribution in [3.8, 4) is 11.5 Å². The second-order valence-electron chi connectivity index (χ2n) is 5.36. The average molecular weight is 289 g/mol. The van der Waals surface area contributed by atoms with Gasteiger partial charge in [0.2, 0.25) is 0 Å². The summed E-state index contributed by atoms with van der Waals surface area (Å²) in [7, 11) is 0. The number of likely N-dealkylation sites (tertiary alicyclic amines) is 1. The molecule has 0 radical (unpaired) electrons. The van der Waals surface area contributed by atoms with Crippen LogP contribution in [0.3, 0.4) is 0 Å². The molecule has 1 saturated heterocycles. The molecule has 2 aromatic rings. The van der Waals surface area contributed by atoms with Crippen LogP contribution in [0.4, 0.5) is 0 Å². The van der Waals surface area contributed by atoms with Gasteiger partial charge in [-0.25, -0.2) is 4.79 Å². The Morgan fingerprint density at radius 1 is 1.19 bits per heavy atom. The molecule has 5 heteroatoms. The third kappa shape index (κ3) is 3.36. The van der Waals surface area contributed by atoms with Crippen molar-refractivity contribution in [3.63, 3.8) is 0 Å². The highest BCUT2D eigenvalue weighted by atomic mass is 16.5. The third-order valence-corrected chi connectivity index (χ3v) is 3.82. The fraction of sp³-hybridized carbons (Fsp3) is 0.438. The fourth-order valence-electron chi connectivity index (χ4n) is 2.69. The van der Waals surface area contributed by atoms with E-state index in [0.29, 0.717) is 23.3 Å². The van der Waals surface area contributed by atoms with Crippen LogP contribution in [0.1, 0.15) is 19.3 Å². The van der Waals surface area contributed by atoms with Crippen LogP contribution in [0.15, 0.2) is 33.5 Å². The van der Waals surface area contributed by atoms with Crippen LogP contribution < -0.4 is 10.4 Å². The van der Waals surface area contributed by atoms with Crippen LogP contribution in [-0.2, 0) is 0 Å². The van der Waals surface area contributed by atoms with Crippen molar-refractivity contribution < 1.29 is 14.3 Å². The Hall–Kier alpha value is -2.01. The summed E-state index contributed by atoms with van der Waals surface area (Å²) in [5.41, 5.74) is -0.221. The Bertz CT molecular complexity index is 674. The van der Waals surface area contributed by atoms with Crippen LogP contribution >= 0.6 is 0 Å². The summed E-state index contributed by atoms with van der Waals surface area (Å²) in [6.07, 6.45) is 3.85. The molecule has 0 bridgehead atoms. The Morgan fingerprint density at radius 3 is 2.81 bits per heavy atom. The van der Waals surface area contributed by atoms with Gasteiger partial charge in [-0.1, -0.05) is 6.42 Å². The number of fused-ring (bicyclic) bond motifs is 1. The number of rotatable bonds is 4. The van der Waals surface area contributed by atoms with E-state index in [1.54, 1.807) is 18.2 Å². The van der Waals surface area contributed by atoms with Crippen LogP contribution in [0.2, 0.25) is 0 Å². The van der Waals surface area contributed by atoms with Gasteiger partial charge in [0.1, 0.15) is 23.7 Å². The number of hydrogen-bond acceptors (Lipinski definition) is 5. The minimum Gasteiger partial charge on any atom is -0.507 e. The Balaban J connectivity index is 1.65. The summed E-state index contributed by atoms with van der Waals surface area (Å²) in [6.45, 7) is 3.80. The van der Waals surface area contributed by atoms with E-state index in [9.17, 15) is 9.90 Å². The van der Waals surface area contributed by atoms with Gasteiger partial charge in [0.25, 0.3) is 0 Å². The minimum absolute atomic E-state index is 0.0684. The van der Waals surface area contributed by atoms with Crippen molar-refractivity contribution in [1.29, 1.82) is 0 Å². The third-order valence-electron chi connectivity index (χ3n) is 3.82. The normalized spacial score (nSPS) is 16.2. The molecule has 1 fully saturated rings. The molecule has 3 rings (SSSR count). The monoisotopic (exact) mass is 289 g/mol. The quantitative estimate of drug-likeness (QED) is 0.875. The molecular formula is C16H19NO4. The van der Waals surface area contributed by atoms with Gasteiger partial charge >= 0.3 is 5.63 Å². The van der Waals surface area contributed by atoms with Crippen molar-refractivity contribution in [1.82, 2.24) is 4.90 Å². The molecule has 5 nitrogen and oxygen atoms in total. The predicted molar refractivity (Wildman–Crippen MR) is 79.9 cm³/mol. The molecule has 1 aromatic carbocycles. The molecule has 0 amide bonds. The molecule has 0 spiro atoms. The smallest absolute Gasteiger partial charge is 0.339 e. The standard InChI is InChI=1S/C16H19NO4/c18-14-11-16(19)21-15-10-12(4-5-13(14)15)20-9-8-17-6-2-1-3-7-17/h4-5,10-11,18H,1-3,6-9H2. The molecule has 0 atom stereocenters. The largest absolute Gasteiger partial charge is 0.507 e. The van der Waals surface area contributed by atoms with Gasteiger partial charge in [-0.05, 0) is 38.1 Å². The van der Waals surface area contributed by atoms with Crippen LogP contribution in [0, 0.1) is 0 Å². The maximum absolute atomic E-state index is 11.3. The van der Waals surface area contributed by atoms with Crippen molar-refractivity contribution in [2.75, 3.05) is 26.2 Å². The van der Waals surface area contributed by atoms with E-state index in [2.05, 4.69) is 4.90 Å². The summed E-state index contributed by atoms with van der Waals surface area (Å²) in [5, 5.41) is 10.2. The Labute approximate surface area is 122 Å². The lowest BCUT2D eigenvalue weighted by Gasteiger charge is -2.26. The molecule has 2 heterocycles. The van der Waals surface area contributed by atoms with E-state index in [1.807, 2.05) is 0 Å². The van der Waals surface area contributed by atoms with Crippen LogP contribution in [0.5, 0.6) is 11.5 Å². The Morgan fingerprint density at radius 2 is 2.00 bits per heavy atom. The van der Waals surface area contributed by atoms with Crippen LogP contribution in [-0.4, -0.2) is 36.2 Å². The maximum atomic E-state index is 11.3. The zero-order chi connectivity index (χ0) is 14.7. The van der Waals surface area contributed by atoms with Gasteiger partial charge in [-0.2, -0.15) is 0 Å². The first-order chi connectivity index (χ1) is 10.2. The number of nitrogens with zero attached hydrogens (tertiary/aromatic N) is 1. The van der Waals surface area contributed by atoms with E-state index >= 15 is 0 Å². The van der Waals surface area contributed by atoms with Gasteiger partial charge in [0.05, 0.1) is 11.5 Å². The minimum atomic E-state index is -0.564. The number of aromatic hydroxyl groups is 1. The van der Waals surface area contributed by atoms with E-state index in [-0.39, 0.29) is 5.75 Å². The molecule has 21 heavy (non-hydrogen) atoms. The van der Waals surface area contributed by atoms with Crippen molar-refractivity contribution in [3.05, 3.63) is 34.7 Å². The summed E-state index contributed by atoms with van der Waals surface area (Å²) in [6, 6.07) is 6.19. The first kappa shape index (κ1) is 13.9. The second kappa shape index (κ2) is 6.18. The number of hydrogen-bond donors (Lipinski definition) is 1. The summed E-state index contributed by atoms with van der Waals surface area (Å²) >= 11 is 0. The molecular weight excluding hydrogens is 270 g/mol. The lowest BCUT2D eigenvalue weighted by Crippen LogP contribution is -2.33. The number of piperidine rings is 1. The fourth-order valence-corrected chi connectivity index (χ4v) is 2.69. The predicted octanol–water partition coefficient (Wildman–Crippen LogP) is 2.36. The zero-order valence-corrected chi connectivity index (χ0v) is 11.9. The van der Waals surface area contributed by atoms with E-state index in [1.165, 1.54) is 19.3 Å². The van der Waals surface area contributed by atoms with Gasteiger partial charge in [0.15, 0.2) is 0 Å². The first-order valence-electron chi connectivity index (χ1n) is 7.34. The van der Waals surface area contributed by atoms with Gasteiger partial charge in [-0.15, -0.1) is 0 Å². The summed E-state index contributed by atoms with van der Waals surface area (Å²) in [4.78, 5) is 13.7. The average Bonchev–Trinajstić information content (AvgIpc) is 2.48. The number of ether oxygens (including phenoxy) is 1. The first-order valence-corrected chi connectivity index (χ1v) is 7.34. The second-order valence-corrected chi connectivity index (χ2v) is 5.36. The summed E-state index contributed by atoms with van der Waals surface area (Å²) in [5.74, 6) is 0.578. The highest BCUT2D eigenvalue weighted by molar-refractivity contribution is 5.83. The maximum Gasteiger partial charge on any atom is 0.339 e. The van der Waals surface area contributed by atoms with Gasteiger partial charge < -0.3 is 14.3 Å². The molecule has 1 N–H and O–H groups in total. The SMILES string of the molecule is O=c1cc(O)c2ccc(OCCN3CCCCC3)cc2o1. The van der Waals surface area contributed by atoms with Crippen molar-refractivity contribution >= 4 is 11.0 Å². The van der Waals surface area contributed by atoms with E-state index in [4.69, 9.17) is 9.15 Å². The van der Waals surface area contributed by atoms with Crippen molar-refractivity contribution in [2.45, 2.75) is 19.3 Å².